The molecule has 5 nitrogen and oxygen atoms in total. The molecule has 1 aromatic carbocycles. The first-order valence-corrected chi connectivity index (χ1v) is 9.50. The van der Waals surface area contributed by atoms with Crippen LogP contribution >= 0.6 is 11.3 Å². The van der Waals surface area contributed by atoms with Crippen molar-refractivity contribution in [2.24, 2.45) is 5.92 Å². The van der Waals surface area contributed by atoms with Crippen LogP contribution in [0.15, 0.2) is 29.6 Å². The Kier molecular flexibility index (Phi) is 5.52. The number of fused-ring (bicyclic) bond motifs is 1. The molecule has 26 heavy (non-hydrogen) atoms. The number of esters is 1. The maximum Gasteiger partial charge on any atom is 0.339 e. The van der Waals surface area contributed by atoms with E-state index >= 15 is 0 Å². The average molecular weight is 371 g/mol. The van der Waals surface area contributed by atoms with Crippen molar-refractivity contribution in [1.29, 1.82) is 0 Å². The molecular weight excluding hydrogens is 350 g/mol. The first kappa shape index (κ1) is 18.3. The number of hydrogen-bond acceptors (Lipinski definition) is 5. The Bertz CT molecular complexity index is 855. The molecule has 3 rings (SSSR count). The van der Waals surface area contributed by atoms with Gasteiger partial charge in [-0.05, 0) is 49.8 Å². The second kappa shape index (κ2) is 7.83. The van der Waals surface area contributed by atoms with Gasteiger partial charge in [-0.2, -0.15) is 0 Å². The number of Topliss-reactive ketones (excluding diaryl/α,β-unsaturated/α-hetero) is 1. The summed E-state index contributed by atoms with van der Waals surface area (Å²) in [5, 5.41) is 4.45. The number of thiophene rings is 1. The summed E-state index contributed by atoms with van der Waals surface area (Å²) in [6.07, 6.45) is 2.94. The molecule has 0 saturated carbocycles. The molecule has 0 radical (unpaired) electrons. The monoisotopic (exact) mass is 371 g/mol. The number of benzene rings is 1. The van der Waals surface area contributed by atoms with Gasteiger partial charge in [-0.25, -0.2) is 4.79 Å². The minimum atomic E-state index is -0.468. The van der Waals surface area contributed by atoms with Crippen LogP contribution in [0.4, 0.5) is 5.69 Å². The summed E-state index contributed by atoms with van der Waals surface area (Å²) in [4.78, 5) is 37.3. The van der Waals surface area contributed by atoms with Crippen molar-refractivity contribution in [1.82, 2.24) is 0 Å². The van der Waals surface area contributed by atoms with Crippen LogP contribution in [0.1, 0.15) is 51.4 Å². The highest BCUT2D eigenvalue weighted by molar-refractivity contribution is 7.10. The molecule has 136 valence electrons. The third kappa shape index (κ3) is 4.02. The maximum absolute atomic E-state index is 12.3. The number of ether oxygens (including phenoxy) is 1. The smallest absolute Gasteiger partial charge is 0.339 e. The van der Waals surface area contributed by atoms with Gasteiger partial charge in [0.1, 0.15) is 0 Å². The lowest BCUT2D eigenvalue weighted by Crippen LogP contribution is -2.22. The number of carbonyl (C=O) groups is 3. The van der Waals surface area contributed by atoms with Gasteiger partial charge in [-0.3, -0.25) is 9.59 Å². The van der Waals surface area contributed by atoms with Crippen LogP contribution in [0.3, 0.4) is 0 Å². The van der Waals surface area contributed by atoms with Crippen molar-refractivity contribution < 1.29 is 19.1 Å². The first-order valence-electron chi connectivity index (χ1n) is 8.62. The van der Waals surface area contributed by atoms with E-state index in [0.29, 0.717) is 22.7 Å². The lowest BCUT2D eigenvalue weighted by molar-refractivity contribution is -0.119. The number of nitrogens with one attached hydrogen (secondary N) is 1. The van der Waals surface area contributed by atoms with E-state index in [-0.39, 0.29) is 12.4 Å². The van der Waals surface area contributed by atoms with Crippen LogP contribution < -0.4 is 5.32 Å². The van der Waals surface area contributed by atoms with E-state index in [9.17, 15) is 14.4 Å². The summed E-state index contributed by atoms with van der Waals surface area (Å²) in [5.74, 6) is -0.439. The Morgan fingerprint density at radius 2 is 2.00 bits per heavy atom. The van der Waals surface area contributed by atoms with Gasteiger partial charge >= 0.3 is 5.97 Å². The highest BCUT2D eigenvalue weighted by Crippen LogP contribution is 2.33. The van der Waals surface area contributed by atoms with Crippen molar-refractivity contribution in [3.05, 3.63) is 51.2 Å². The summed E-state index contributed by atoms with van der Waals surface area (Å²) in [5.41, 5.74) is 2.49. The Morgan fingerprint density at radius 3 is 2.77 bits per heavy atom. The SMILES string of the molecule is CC(=O)c1ccccc1NC(=O)COC(=O)c1csc2c1CCC(C)C2. The van der Waals surface area contributed by atoms with Gasteiger partial charge in [0.25, 0.3) is 5.91 Å². The zero-order valence-corrected chi connectivity index (χ0v) is 15.7. The largest absolute Gasteiger partial charge is 0.452 e. The van der Waals surface area contributed by atoms with Crippen molar-refractivity contribution in [2.75, 3.05) is 11.9 Å². The average Bonchev–Trinajstić information content (AvgIpc) is 3.03. The Labute approximate surface area is 156 Å². The van der Waals surface area contributed by atoms with Crippen LogP contribution in [-0.4, -0.2) is 24.3 Å². The predicted octanol–water partition coefficient (Wildman–Crippen LogP) is 3.87. The van der Waals surface area contributed by atoms with E-state index in [1.54, 1.807) is 35.6 Å². The van der Waals surface area contributed by atoms with Crippen LogP contribution in [0.2, 0.25) is 0 Å². The molecule has 1 aliphatic rings. The number of hydrogen-bond donors (Lipinski definition) is 1. The Balaban J connectivity index is 1.60. The number of para-hydroxylation sites is 1. The minimum Gasteiger partial charge on any atom is -0.452 e. The molecule has 1 aromatic heterocycles. The normalized spacial score (nSPS) is 15.8. The van der Waals surface area contributed by atoms with Gasteiger partial charge in [-0.15, -0.1) is 11.3 Å². The molecule has 0 fully saturated rings. The molecule has 0 bridgehead atoms. The zero-order valence-electron chi connectivity index (χ0n) is 14.8. The first-order chi connectivity index (χ1) is 12.5. The summed E-state index contributed by atoms with van der Waals surface area (Å²) in [6.45, 7) is 3.27. The fourth-order valence-electron chi connectivity index (χ4n) is 3.14. The zero-order chi connectivity index (χ0) is 18.7. The van der Waals surface area contributed by atoms with E-state index in [1.807, 2.05) is 5.38 Å². The van der Waals surface area contributed by atoms with E-state index < -0.39 is 11.9 Å². The molecule has 0 aliphatic heterocycles. The lowest BCUT2D eigenvalue weighted by atomic mass is 9.88. The molecule has 2 aromatic rings. The van der Waals surface area contributed by atoms with E-state index in [2.05, 4.69) is 12.2 Å². The molecule has 1 amide bonds. The third-order valence-electron chi connectivity index (χ3n) is 4.54. The molecule has 0 spiro atoms. The molecule has 1 unspecified atom stereocenters. The van der Waals surface area contributed by atoms with Gasteiger partial charge in [0.2, 0.25) is 0 Å². The Morgan fingerprint density at radius 1 is 1.23 bits per heavy atom. The molecule has 0 saturated heterocycles. The topological polar surface area (TPSA) is 72.5 Å². The van der Waals surface area contributed by atoms with E-state index in [4.69, 9.17) is 4.74 Å². The number of rotatable bonds is 5. The molecular formula is C20H21NO4S. The highest BCUT2D eigenvalue weighted by atomic mass is 32.1. The third-order valence-corrected chi connectivity index (χ3v) is 5.59. The molecule has 6 heteroatoms. The Hall–Kier alpha value is -2.47. The predicted molar refractivity (Wildman–Crippen MR) is 101 cm³/mol. The van der Waals surface area contributed by atoms with Gasteiger partial charge < -0.3 is 10.1 Å². The summed E-state index contributed by atoms with van der Waals surface area (Å²) >= 11 is 1.59. The summed E-state index contributed by atoms with van der Waals surface area (Å²) in [7, 11) is 0. The van der Waals surface area contributed by atoms with Crippen LogP contribution in [0.25, 0.3) is 0 Å². The molecule has 1 heterocycles. The number of amides is 1. The number of ketones is 1. The highest BCUT2D eigenvalue weighted by Gasteiger charge is 2.24. The fraction of sp³-hybridized carbons (Fsp3) is 0.350. The fourth-order valence-corrected chi connectivity index (χ4v) is 4.38. The van der Waals surface area contributed by atoms with E-state index in [1.165, 1.54) is 11.8 Å². The summed E-state index contributed by atoms with van der Waals surface area (Å²) in [6, 6.07) is 6.75. The number of anilines is 1. The second-order valence-corrected chi connectivity index (χ2v) is 7.59. The van der Waals surface area contributed by atoms with Gasteiger partial charge in [-0.1, -0.05) is 19.1 Å². The van der Waals surface area contributed by atoms with Crippen molar-refractivity contribution in [3.63, 3.8) is 0 Å². The van der Waals surface area contributed by atoms with E-state index in [0.717, 1.165) is 24.8 Å². The standard InChI is InChI=1S/C20H21NO4S/c1-12-7-8-15-16(11-26-18(15)9-12)20(24)25-10-19(23)21-17-6-4-3-5-14(17)13(2)22/h3-6,11-12H,7-10H2,1-2H3,(H,21,23). The lowest BCUT2D eigenvalue weighted by Gasteiger charge is -2.18. The van der Waals surface area contributed by atoms with Crippen LogP contribution in [0, 0.1) is 5.92 Å². The number of carbonyl (C=O) groups excluding carboxylic acids is 3. The van der Waals surface area contributed by atoms with Crippen LogP contribution in [0.5, 0.6) is 0 Å². The van der Waals surface area contributed by atoms with Gasteiger partial charge in [0.15, 0.2) is 12.4 Å². The van der Waals surface area contributed by atoms with Crippen molar-refractivity contribution >= 4 is 34.7 Å². The molecule has 1 N–H and O–H groups in total. The van der Waals surface area contributed by atoms with Gasteiger partial charge in [0.05, 0.1) is 11.3 Å². The second-order valence-electron chi connectivity index (χ2n) is 6.63. The molecule has 1 aliphatic carbocycles. The maximum atomic E-state index is 12.3. The van der Waals surface area contributed by atoms with Crippen molar-refractivity contribution in [3.8, 4) is 0 Å². The quantitative estimate of drug-likeness (QED) is 0.640. The van der Waals surface area contributed by atoms with Gasteiger partial charge in [0, 0.05) is 15.8 Å². The molecule has 1 atom stereocenters. The van der Waals surface area contributed by atoms with Crippen LogP contribution in [-0.2, 0) is 22.4 Å². The summed E-state index contributed by atoms with van der Waals surface area (Å²) < 4.78 is 5.18. The van der Waals surface area contributed by atoms with Crippen molar-refractivity contribution in [2.45, 2.75) is 33.1 Å². The minimum absolute atomic E-state index is 0.142.